The molecule has 33 heavy (non-hydrogen) atoms. The van der Waals surface area contributed by atoms with E-state index in [4.69, 9.17) is 9.47 Å². The molecular formula is C23H26N2O7S. The molecule has 0 bridgehead atoms. The highest BCUT2D eigenvalue weighted by atomic mass is 32.2. The molecule has 0 saturated heterocycles. The second kappa shape index (κ2) is 9.62. The SMILES string of the molecule is CCOc1cc([C@@H](CS(C)(=O)=O)N2C(=O)c3cccc(NC(=O)CC)c3C2=O)ccc1OC. The fourth-order valence-electron chi connectivity index (χ4n) is 3.70. The predicted molar refractivity (Wildman–Crippen MR) is 122 cm³/mol. The summed E-state index contributed by atoms with van der Waals surface area (Å²) in [7, 11) is -2.13. The maximum Gasteiger partial charge on any atom is 0.264 e. The number of amides is 3. The van der Waals surface area contributed by atoms with E-state index in [9.17, 15) is 22.8 Å². The van der Waals surface area contributed by atoms with Gasteiger partial charge in [-0.25, -0.2) is 8.42 Å². The number of carbonyl (C=O) groups excluding carboxylic acids is 3. The second-order valence-electron chi connectivity index (χ2n) is 7.56. The van der Waals surface area contributed by atoms with Crippen LogP contribution in [0.1, 0.15) is 52.6 Å². The van der Waals surface area contributed by atoms with E-state index in [1.54, 1.807) is 38.1 Å². The quantitative estimate of drug-likeness (QED) is 0.555. The number of imide groups is 1. The first kappa shape index (κ1) is 24.2. The lowest BCUT2D eigenvalue weighted by atomic mass is 10.1. The molecule has 0 fully saturated rings. The summed E-state index contributed by atoms with van der Waals surface area (Å²) >= 11 is 0. The van der Waals surface area contributed by atoms with Gasteiger partial charge in [0.05, 0.1) is 42.3 Å². The van der Waals surface area contributed by atoms with Crippen molar-refractivity contribution in [3.05, 3.63) is 53.1 Å². The van der Waals surface area contributed by atoms with E-state index in [1.165, 1.54) is 19.2 Å². The molecule has 1 atom stereocenters. The van der Waals surface area contributed by atoms with Crippen molar-refractivity contribution in [1.82, 2.24) is 4.90 Å². The largest absolute Gasteiger partial charge is 0.493 e. The summed E-state index contributed by atoms with van der Waals surface area (Å²) in [5.74, 6) is -1.30. The summed E-state index contributed by atoms with van der Waals surface area (Å²) in [6, 6.07) is 8.24. The number of rotatable bonds is 9. The molecule has 3 rings (SSSR count). The van der Waals surface area contributed by atoms with Crippen molar-refractivity contribution in [1.29, 1.82) is 0 Å². The zero-order valence-corrected chi connectivity index (χ0v) is 19.7. The predicted octanol–water partition coefficient (Wildman–Crippen LogP) is 2.82. The van der Waals surface area contributed by atoms with Crippen LogP contribution in [0.15, 0.2) is 36.4 Å². The number of hydrogen-bond acceptors (Lipinski definition) is 7. The first-order valence-electron chi connectivity index (χ1n) is 10.4. The van der Waals surface area contributed by atoms with Crippen LogP contribution in [0, 0.1) is 0 Å². The van der Waals surface area contributed by atoms with E-state index in [2.05, 4.69) is 5.32 Å². The summed E-state index contributed by atoms with van der Waals surface area (Å²) < 4.78 is 35.4. The van der Waals surface area contributed by atoms with Gasteiger partial charge in [-0.1, -0.05) is 19.1 Å². The first-order valence-corrected chi connectivity index (χ1v) is 12.5. The van der Waals surface area contributed by atoms with Crippen molar-refractivity contribution >= 4 is 33.2 Å². The van der Waals surface area contributed by atoms with E-state index >= 15 is 0 Å². The van der Waals surface area contributed by atoms with Crippen molar-refractivity contribution in [2.24, 2.45) is 0 Å². The van der Waals surface area contributed by atoms with E-state index in [1.807, 2.05) is 0 Å². The number of methoxy groups -OCH3 is 1. The minimum absolute atomic E-state index is 0.0429. The van der Waals surface area contributed by atoms with Crippen LogP contribution in [0.25, 0.3) is 0 Å². The summed E-state index contributed by atoms with van der Waals surface area (Å²) in [4.78, 5) is 39.6. The van der Waals surface area contributed by atoms with Gasteiger partial charge in [0.1, 0.15) is 9.84 Å². The number of nitrogens with zero attached hydrogens (tertiary/aromatic N) is 1. The Balaban J connectivity index is 2.12. The number of sulfone groups is 1. The van der Waals surface area contributed by atoms with Crippen molar-refractivity contribution in [3.63, 3.8) is 0 Å². The van der Waals surface area contributed by atoms with Crippen molar-refractivity contribution in [3.8, 4) is 11.5 Å². The Morgan fingerprint density at radius 3 is 2.42 bits per heavy atom. The number of anilines is 1. The molecule has 1 heterocycles. The third-order valence-electron chi connectivity index (χ3n) is 5.19. The zero-order valence-electron chi connectivity index (χ0n) is 18.9. The van der Waals surface area contributed by atoms with Crippen LogP contribution < -0.4 is 14.8 Å². The van der Waals surface area contributed by atoms with Crippen LogP contribution in [-0.4, -0.2) is 56.8 Å². The molecule has 0 aliphatic carbocycles. The van der Waals surface area contributed by atoms with Gasteiger partial charge in [0, 0.05) is 12.7 Å². The van der Waals surface area contributed by atoms with E-state index in [0.717, 1.165) is 11.2 Å². The normalized spacial score (nSPS) is 14.1. The highest BCUT2D eigenvalue weighted by Gasteiger charge is 2.43. The Hall–Kier alpha value is -3.40. The molecule has 2 aromatic carbocycles. The van der Waals surface area contributed by atoms with Crippen LogP contribution in [0.5, 0.6) is 11.5 Å². The molecule has 0 unspecified atom stereocenters. The molecule has 1 N–H and O–H groups in total. The Bertz CT molecular complexity index is 1210. The van der Waals surface area contributed by atoms with Gasteiger partial charge in [-0.2, -0.15) is 0 Å². The fraction of sp³-hybridized carbons (Fsp3) is 0.348. The third-order valence-corrected chi connectivity index (χ3v) is 6.11. The van der Waals surface area contributed by atoms with Gasteiger partial charge in [-0.05, 0) is 36.8 Å². The lowest BCUT2D eigenvalue weighted by Crippen LogP contribution is -2.37. The first-order chi connectivity index (χ1) is 15.6. The lowest BCUT2D eigenvalue weighted by Gasteiger charge is -2.27. The standard InChI is InChI=1S/C23H26N2O7S/c1-5-20(26)24-16-9-7-8-15-21(16)23(28)25(22(15)27)17(13-33(4,29)30)14-10-11-18(31-3)19(12-14)32-6-2/h7-12,17H,5-6,13H2,1-4H3,(H,24,26)/t17-/m1/s1. The number of ether oxygens (including phenoxy) is 2. The number of hydrogen-bond donors (Lipinski definition) is 1. The molecule has 0 spiro atoms. The number of fused-ring (bicyclic) bond motifs is 1. The van der Waals surface area contributed by atoms with Gasteiger partial charge < -0.3 is 14.8 Å². The van der Waals surface area contributed by atoms with E-state index < -0.39 is 33.4 Å². The third kappa shape index (κ3) is 5.00. The topological polar surface area (TPSA) is 119 Å². The van der Waals surface area contributed by atoms with Crippen LogP contribution in [0.3, 0.4) is 0 Å². The van der Waals surface area contributed by atoms with Gasteiger partial charge in [0.2, 0.25) is 5.91 Å². The maximum absolute atomic E-state index is 13.4. The molecule has 0 aromatic heterocycles. The highest BCUT2D eigenvalue weighted by molar-refractivity contribution is 7.90. The van der Waals surface area contributed by atoms with Crippen LogP contribution >= 0.6 is 0 Å². The van der Waals surface area contributed by atoms with E-state index in [-0.39, 0.29) is 29.1 Å². The summed E-state index contributed by atoms with van der Waals surface area (Å²) in [5.41, 5.74) is 0.758. The van der Waals surface area contributed by atoms with Gasteiger partial charge in [0.15, 0.2) is 11.5 Å². The Morgan fingerprint density at radius 2 is 1.82 bits per heavy atom. The summed E-state index contributed by atoms with van der Waals surface area (Å²) in [5, 5.41) is 2.64. The average Bonchev–Trinajstić information content (AvgIpc) is 3.02. The molecule has 0 saturated carbocycles. The van der Waals surface area contributed by atoms with Crippen molar-refractivity contribution < 1.29 is 32.3 Å². The number of carbonyl (C=O) groups is 3. The number of benzene rings is 2. The minimum Gasteiger partial charge on any atom is -0.493 e. The van der Waals surface area contributed by atoms with Crippen molar-refractivity contribution in [2.75, 3.05) is 31.0 Å². The van der Waals surface area contributed by atoms with Crippen LogP contribution in [-0.2, 0) is 14.6 Å². The minimum atomic E-state index is -3.60. The molecule has 2 aromatic rings. The van der Waals surface area contributed by atoms with Gasteiger partial charge >= 0.3 is 0 Å². The summed E-state index contributed by atoms with van der Waals surface area (Å²) in [6.07, 6.45) is 1.23. The Labute approximate surface area is 192 Å². The molecule has 9 nitrogen and oxygen atoms in total. The highest BCUT2D eigenvalue weighted by Crippen LogP contribution is 2.38. The van der Waals surface area contributed by atoms with Crippen molar-refractivity contribution in [2.45, 2.75) is 26.3 Å². The fourth-order valence-corrected chi connectivity index (χ4v) is 4.62. The van der Waals surface area contributed by atoms with Crippen LogP contribution in [0.2, 0.25) is 0 Å². The molecule has 10 heteroatoms. The smallest absolute Gasteiger partial charge is 0.264 e. The molecule has 1 aliphatic rings. The second-order valence-corrected chi connectivity index (χ2v) is 9.75. The summed E-state index contributed by atoms with van der Waals surface area (Å²) in [6.45, 7) is 3.79. The molecular weight excluding hydrogens is 448 g/mol. The maximum atomic E-state index is 13.4. The Morgan fingerprint density at radius 1 is 1.09 bits per heavy atom. The monoisotopic (exact) mass is 474 g/mol. The average molecular weight is 475 g/mol. The van der Waals surface area contributed by atoms with Crippen LogP contribution in [0.4, 0.5) is 5.69 Å². The lowest BCUT2D eigenvalue weighted by molar-refractivity contribution is -0.115. The zero-order chi connectivity index (χ0) is 24.3. The molecule has 1 aliphatic heterocycles. The van der Waals surface area contributed by atoms with E-state index in [0.29, 0.717) is 23.7 Å². The van der Waals surface area contributed by atoms with Gasteiger partial charge in [-0.3, -0.25) is 19.3 Å². The van der Waals surface area contributed by atoms with Gasteiger partial charge in [-0.15, -0.1) is 0 Å². The number of nitrogens with one attached hydrogen (secondary N) is 1. The Kier molecular flexibility index (Phi) is 7.06. The van der Waals surface area contributed by atoms with Gasteiger partial charge in [0.25, 0.3) is 11.8 Å². The molecule has 0 radical (unpaired) electrons. The molecule has 176 valence electrons. The molecule has 3 amide bonds.